The number of piperidine rings is 1. The molecule has 1 aliphatic rings. The smallest absolute Gasteiger partial charge is 0.274 e. The summed E-state index contributed by atoms with van der Waals surface area (Å²) in [7, 11) is 0. The van der Waals surface area contributed by atoms with Gasteiger partial charge in [-0.25, -0.2) is 28.1 Å². The van der Waals surface area contributed by atoms with Gasteiger partial charge < -0.3 is 4.90 Å². The SMILES string of the molecule is CCc1cnc(CC[C@@H]2[C@H](C)CC(F)(F)CN2C(=O)c2nc(C)sc2-c2ccc(F)cc2)nc1. The van der Waals surface area contributed by atoms with Gasteiger partial charge in [-0.1, -0.05) is 26.0 Å². The maximum atomic E-state index is 14.6. The molecule has 9 heteroatoms. The number of alkyl halides is 2. The van der Waals surface area contributed by atoms with Gasteiger partial charge in [0.1, 0.15) is 17.3 Å². The molecular weight excluding hydrogens is 461 g/mol. The number of aryl methyl sites for hydroxylation is 3. The van der Waals surface area contributed by atoms with Crippen LogP contribution in [0.3, 0.4) is 0 Å². The summed E-state index contributed by atoms with van der Waals surface area (Å²) in [5.41, 5.74) is 1.79. The van der Waals surface area contributed by atoms with Crippen molar-refractivity contribution in [3.05, 3.63) is 64.6 Å². The van der Waals surface area contributed by atoms with E-state index in [4.69, 9.17) is 0 Å². The number of likely N-dealkylation sites (tertiary alicyclic amines) is 1. The van der Waals surface area contributed by atoms with E-state index in [1.807, 2.05) is 6.92 Å². The van der Waals surface area contributed by atoms with Gasteiger partial charge in [0.25, 0.3) is 11.8 Å². The van der Waals surface area contributed by atoms with E-state index < -0.39 is 36.2 Å². The fourth-order valence-corrected chi connectivity index (χ4v) is 5.40. The first-order valence-electron chi connectivity index (χ1n) is 11.4. The van der Waals surface area contributed by atoms with E-state index in [1.165, 1.54) is 28.4 Å². The lowest BCUT2D eigenvalue weighted by atomic mass is 9.85. The maximum Gasteiger partial charge on any atom is 0.274 e. The van der Waals surface area contributed by atoms with Crippen LogP contribution in [0.5, 0.6) is 0 Å². The molecule has 34 heavy (non-hydrogen) atoms. The van der Waals surface area contributed by atoms with E-state index in [2.05, 4.69) is 15.0 Å². The van der Waals surface area contributed by atoms with E-state index in [0.717, 1.165) is 12.0 Å². The van der Waals surface area contributed by atoms with Gasteiger partial charge in [0, 0.05) is 31.3 Å². The Hall–Kier alpha value is -2.81. The fourth-order valence-electron chi connectivity index (χ4n) is 4.48. The Kier molecular flexibility index (Phi) is 7.02. The number of nitrogens with zero attached hydrogens (tertiary/aromatic N) is 4. The van der Waals surface area contributed by atoms with E-state index >= 15 is 0 Å². The molecule has 5 nitrogen and oxygen atoms in total. The molecule has 2 aromatic heterocycles. The molecule has 0 N–H and O–H groups in total. The second-order valence-electron chi connectivity index (χ2n) is 8.86. The van der Waals surface area contributed by atoms with Crippen LogP contribution in [-0.2, 0) is 12.8 Å². The lowest BCUT2D eigenvalue weighted by Gasteiger charge is -2.43. The van der Waals surface area contributed by atoms with Crippen molar-refractivity contribution in [1.29, 1.82) is 0 Å². The summed E-state index contributed by atoms with van der Waals surface area (Å²) in [6.45, 7) is 4.88. The molecule has 0 radical (unpaired) electrons. The van der Waals surface area contributed by atoms with Crippen LogP contribution in [0.4, 0.5) is 13.2 Å². The molecule has 1 amide bonds. The third kappa shape index (κ3) is 5.29. The highest BCUT2D eigenvalue weighted by Gasteiger charge is 2.46. The Morgan fingerprint density at radius 1 is 1.21 bits per heavy atom. The molecule has 1 aliphatic heterocycles. The van der Waals surface area contributed by atoms with Crippen molar-refractivity contribution in [1.82, 2.24) is 19.9 Å². The predicted molar refractivity (Wildman–Crippen MR) is 126 cm³/mol. The Labute approximate surface area is 201 Å². The lowest BCUT2D eigenvalue weighted by molar-refractivity contribution is -0.0932. The molecule has 180 valence electrons. The Balaban J connectivity index is 1.62. The Morgan fingerprint density at radius 3 is 2.53 bits per heavy atom. The zero-order valence-electron chi connectivity index (χ0n) is 19.4. The first-order chi connectivity index (χ1) is 16.2. The van der Waals surface area contributed by atoms with Crippen molar-refractivity contribution in [2.75, 3.05) is 6.54 Å². The second kappa shape index (κ2) is 9.82. The number of hydrogen-bond donors (Lipinski definition) is 0. The van der Waals surface area contributed by atoms with Crippen molar-refractivity contribution in [3.8, 4) is 10.4 Å². The summed E-state index contributed by atoms with van der Waals surface area (Å²) in [6.07, 6.45) is 5.06. The van der Waals surface area contributed by atoms with E-state index in [1.54, 1.807) is 38.4 Å². The van der Waals surface area contributed by atoms with Gasteiger partial charge in [0.05, 0.1) is 16.4 Å². The standard InChI is InChI=1S/C25H27F3N4OS/c1-4-17-12-29-21(30-13-17)10-9-20-15(2)11-25(27,28)14-32(20)24(33)22-23(34-16(3)31-22)18-5-7-19(26)8-6-18/h5-8,12-13,15,20H,4,9-11,14H2,1-3H3/t15-,20-/m1/s1. The summed E-state index contributed by atoms with van der Waals surface area (Å²) < 4.78 is 42.6. The number of amides is 1. The highest BCUT2D eigenvalue weighted by molar-refractivity contribution is 7.15. The molecule has 2 atom stereocenters. The molecule has 0 aliphatic carbocycles. The second-order valence-corrected chi connectivity index (χ2v) is 10.1. The first kappa shape index (κ1) is 24.3. The molecule has 3 heterocycles. The number of carbonyl (C=O) groups excluding carboxylic acids is 1. The monoisotopic (exact) mass is 488 g/mol. The Bertz CT molecular complexity index is 1150. The van der Waals surface area contributed by atoms with Crippen molar-refractivity contribution < 1.29 is 18.0 Å². The molecule has 0 bridgehead atoms. The van der Waals surface area contributed by atoms with Crippen LogP contribution in [0.2, 0.25) is 0 Å². The maximum absolute atomic E-state index is 14.6. The quantitative estimate of drug-likeness (QED) is 0.445. The summed E-state index contributed by atoms with van der Waals surface area (Å²) in [4.78, 5) is 28.6. The highest BCUT2D eigenvalue weighted by Crippen LogP contribution is 2.38. The number of halogens is 3. The van der Waals surface area contributed by atoms with Gasteiger partial charge in [-0.15, -0.1) is 11.3 Å². The average Bonchev–Trinajstić information content (AvgIpc) is 3.19. The number of rotatable bonds is 6. The van der Waals surface area contributed by atoms with Crippen LogP contribution in [-0.4, -0.2) is 44.3 Å². The lowest BCUT2D eigenvalue weighted by Crippen LogP contribution is -2.55. The van der Waals surface area contributed by atoms with E-state index in [9.17, 15) is 18.0 Å². The summed E-state index contributed by atoms with van der Waals surface area (Å²) in [6, 6.07) is 5.36. The minimum atomic E-state index is -2.98. The molecular formula is C25H27F3N4OS. The highest BCUT2D eigenvalue weighted by atomic mass is 32.1. The topological polar surface area (TPSA) is 59.0 Å². The van der Waals surface area contributed by atoms with Crippen LogP contribution in [0.25, 0.3) is 10.4 Å². The van der Waals surface area contributed by atoms with Gasteiger partial charge in [-0.3, -0.25) is 4.79 Å². The van der Waals surface area contributed by atoms with Crippen LogP contribution in [0.15, 0.2) is 36.7 Å². The molecule has 0 spiro atoms. The van der Waals surface area contributed by atoms with Crippen molar-refractivity contribution in [3.63, 3.8) is 0 Å². The molecule has 1 aromatic carbocycles. The molecule has 3 aromatic rings. The number of aromatic nitrogens is 3. The van der Waals surface area contributed by atoms with Crippen molar-refractivity contribution >= 4 is 17.2 Å². The molecule has 4 rings (SSSR count). The first-order valence-corrected chi connectivity index (χ1v) is 12.2. The number of carbonyl (C=O) groups is 1. The van der Waals surface area contributed by atoms with Gasteiger partial charge in [-0.05, 0) is 48.9 Å². The summed E-state index contributed by atoms with van der Waals surface area (Å²) in [5, 5.41) is 0.639. The third-order valence-corrected chi connectivity index (χ3v) is 7.23. The summed E-state index contributed by atoms with van der Waals surface area (Å²) in [5.74, 6) is -3.67. The van der Waals surface area contributed by atoms with Gasteiger partial charge in [-0.2, -0.15) is 0 Å². The molecule has 1 saturated heterocycles. The van der Waals surface area contributed by atoms with Gasteiger partial charge in [0.15, 0.2) is 0 Å². The van der Waals surface area contributed by atoms with Crippen LogP contribution >= 0.6 is 11.3 Å². The van der Waals surface area contributed by atoms with Crippen molar-refractivity contribution in [2.45, 2.75) is 58.4 Å². The minimum absolute atomic E-state index is 0.132. The molecule has 1 fully saturated rings. The van der Waals surface area contributed by atoms with Crippen molar-refractivity contribution in [2.24, 2.45) is 5.92 Å². The number of benzene rings is 1. The summed E-state index contributed by atoms with van der Waals surface area (Å²) >= 11 is 1.29. The van der Waals surface area contributed by atoms with Crippen LogP contribution < -0.4 is 0 Å². The third-order valence-electron chi connectivity index (χ3n) is 6.21. The minimum Gasteiger partial charge on any atom is -0.328 e. The van der Waals surface area contributed by atoms with Crippen LogP contribution in [0, 0.1) is 18.7 Å². The Morgan fingerprint density at radius 2 is 1.88 bits per heavy atom. The predicted octanol–water partition coefficient (Wildman–Crippen LogP) is 5.73. The van der Waals surface area contributed by atoms with E-state index in [-0.39, 0.29) is 12.1 Å². The van der Waals surface area contributed by atoms with Gasteiger partial charge >= 0.3 is 0 Å². The van der Waals surface area contributed by atoms with Crippen LogP contribution in [0.1, 0.15) is 53.6 Å². The largest absolute Gasteiger partial charge is 0.328 e. The van der Waals surface area contributed by atoms with Gasteiger partial charge in [0.2, 0.25) is 0 Å². The molecule has 0 unspecified atom stereocenters. The number of hydrogen-bond acceptors (Lipinski definition) is 5. The van der Waals surface area contributed by atoms with E-state index in [0.29, 0.717) is 34.1 Å². The molecule has 0 saturated carbocycles. The zero-order valence-corrected chi connectivity index (χ0v) is 20.2. The normalized spacial score (nSPS) is 19.9. The number of thiazole rings is 1. The average molecular weight is 489 g/mol. The fraction of sp³-hybridized carbons (Fsp3) is 0.440. The zero-order chi connectivity index (χ0) is 24.5.